The lowest BCUT2D eigenvalue weighted by atomic mass is 10.2. The summed E-state index contributed by atoms with van der Waals surface area (Å²) in [7, 11) is 1.63. The third-order valence-electron chi connectivity index (χ3n) is 3.73. The second kappa shape index (κ2) is 8.55. The van der Waals surface area contributed by atoms with E-state index in [0.29, 0.717) is 12.1 Å². The average Bonchev–Trinajstić information content (AvgIpc) is 3.06. The largest absolute Gasteiger partial charge is 0.452 e. The summed E-state index contributed by atoms with van der Waals surface area (Å²) in [6, 6.07) is 13.6. The second-order valence-electron chi connectivity index (χ2n) is 5.82. The molecule has 0 atom stereocenters. The number of aromatic nitrogens is 1. The molecule has 3 aromatic rings. The van der Waals surface area contributed by atoms with E-state index in [1.165, 1.54) is 34.4 Å². The number of hydrogen-bond acceptors (Lipinski definition) is 5. The maximum absolute atomic E-state index is 13.1. The molecule has 3 rings (SSSR count). The lowest BCUT2D eigenvalue weighted by Gasteiger charge is -2.15. The van der Waals surface area contributed by atoms with Crippen molar-refractivity contribution in [3.05, 3.63) is 71.0 Å². The summed E-state index contributed by atoms with van der Waals surface area (Å²) < 4.78 is 19.1. The van der Waals surface area contributed by atoms with E-state index < -0.39 is 11.8 Å². The van der Waals surface area contributed by atoms with Gasteiger partial charge in [0.05, 0.1) is 16.8 Å². The summed E-state index contributed by atoms with van der Waals surface area (Å²) in [5.74, 6) is -1.39. The number of amides is 1. The third kappa shape index (κ3) is 5.21. The molecule has 0 aliphatic heterocycles. The Hall–Kier alpha value is -3.06. The minimum atomic E-state index is -0.666. The van der Waals surface area contributed by atoms with Gasteiger partial charge in [-0.2, -0.15) is 0 Å². The molecule has 0 unspecified atom stereocenters. The van der Waals surface area contributed by atoms with E-state index in [4.69, 9.17) is 4.74 Å². The summed E-state index contributed by atoms with van der Waals surface area (Å²) in [4.78, 5) is 29.8. The molecule has 5 nitrogen and oxygen atoms in total. The summed E-state index contributed by atoms with van der Waals surface area (Å²) in [6.45, 7) is -0.0252. The first-order chi connectivity index (χ1) is 13.0. The van der Waals surface area contributed by atoms with Crippen molar-refractivity contribution in [3.8, 4) is 0 Å². The van der Waals surface area contributed by atoms with Gasteiger partial charge in [-0.3, -0.25) is 4.79 Å². The minimum Gasteiger partial charge on any atom is -0.452 e. The number of fused-ring (bicyclic) bond motifs is 1. The topological polar surface area (TPSA) is 59.5 Å². The summed E-state index contributed by atoms with van der Waals surface area (Å²) in [5.41, 5.74) is 1.43. The quantitative estimate of drug-likeness (QED) is 0.481. The molecule has 27 heavy (non-hydrogen) atoms. The van der Waals surface area contributed by atoms with E-state index in [1.54, 1.807) is 19.2 Å². The Labute approximate surface area is 159 Å². The van der Waals surface area contributed by atoms with Gasteiger partial charge < -0.3 is 9.64 Å². The molecule has 0 N–H and O–H groups in total. The molecule has 2 aromatic carbocycles. The fraction of sp³-hybridized carbons (Fsp3) is 0.150. The highest BCUT2D eigenvalue weighted by Gasteiger charge is 2.13. The van der Waals surface area contributed by atoms with Gasteiger partial charge >= 0.3 is 5.97 Å². The van der Waals surface area contributed by atoms with Crippen LogP contribution >= 0.6 is 11.3 Å². The van der Waals surface area contributed by atoms with Crippen LogP contribution < -0.4 is 0 Å². The molecule has 138 valence electrons. The molecule has 0 fully saturated rings. The van der Waals surface area contributed by atoms with Crippen LogP contribution in [0.25, 0.3) is 16.3 Å². The number of rotatable bonds is 6. The zero-order valence-corrected chi connectivity index (χ0v) is 15.4. The SMILES string of the molecule is CN(Cc1nc2ccccc2s1)C(=O)COC(=O)/C=C/c1cccc(F)c1. The standard InChI is InChI=1S/C20H17FN2O3S/c1-23(12-18-22-16-7-2-3-8-17(16)27-18)19(24)13-26-20(25)10-9-14-5-4-6-15(21)11-14/h2-11H,12-13H2,1H3/b10-9+. The van der Waals surface area contributed by atoms with Crippen molar-refractivity contribution in [2.45, 2.75) is 6.54 Å². The van der Waals surface area contributed by atoms with Gasteiger partial charge in [0.1, 0.15) is 10.8 Å². The molecule has 0 bridgehead atoms. The monoisotopic (exact) mass is 384 g/mol. The summed E-state index contributed by atoms with van der Waals surface area (Å²) in [6.07, 6.45) is 2.59. The van der Waals surface area contributed by atoms with Gasteiger partial charge in [0.15, 0.2) is 6.61 Å². The molecule has 0 spiro atoms. The first-order valence-electron chi connectivity index (χ1n) is 8.20. The maximum atomic E-state index is 13.1. The van der Waals surface area contributed by atoms with Crippen LogP contribution in [0.1, 0.15) is 10.6 Å². The zero-order chi connectivity index (χ0) is 19.2. The molecular formula is C20H17FN2O3S. The number of para-hydroxylation sites is 1. The highest BCUT2D eigenvalue weighted by molar-refractivity contribution is 7.18. The predicted molar refractivity (Wildman–Crippen MR) is 102 cm³/mol. The van der Waals surface area contributed by atoms with E-state index in [0.717, 1.165) is 21.3 Å². The van der Waals surface area contributed by atoms with Gasteiger partial charge in [-0.1, -0.05) is 24.3 Å². The Kier molecular flexibility index (Phi) is 5.93. The highest BCUT2D eigenvalue weighted by Crippen LogP contribution is 2.22. The fourth-order valence-corrected chi connectivity index (χ4v) is 3.37. The van der Waals surface area contributed by atoms with E-state index >= 15 is 0 Å². The number of esters is 1. The number of nitrogens with zero attached hydrogens (tertiary/aromatic N) is 2. The van der Waals surface area contributed by atoms with Crippen LogP contribution in [0.4, 0.5) is 4.39 Å². The lowest BCUT2D eigenvalue weighted by molar-refractivity contribution is -0.147. The number of likely N-dealkylation sites (N-methyl/N-ethyl adjacent to an activating group) is 1. The zero-order valence-electron chi connectivity index (χ0n) is 14.6. The van der Waals surface area contributed by atoms with Gasteiger partial charge in [-0.15, -0.1) is 11.3 Å². The van der Waals surface area contributed by atoms with Crippen LogP contribution in [0, 0.1) is 5.82 Å². The van der Waals surface area contributed by atoms with Gasteiger partial charge in [-0.25, -0.2) is 14.2 Å². The first kappa shape index (κ1) is 18.7. The molecule has 0 aliphatic carbocycles. The number of ether oxygens (including phenoxy) is 1. The normalized spacial score (nSPS) is 11.0. The van der Waals surface area contributed by atoms with Crippen LogP contribution in [0.5, 0.6) is 0 Å². The van der Waals surface area contributed by atoms with E-state index in [2.05, 4.69) is 4.98 Å². The van der Waals surface area contributed by atoms with Gasteiger partial charge in [0.2, 0.25) is 0 Å². The summed E-state index contributed by atoms with van der Waals surface area (Å²) in [5, 5.41) is 0.810. The molecule has 1 amide bonds. The van der Waals surface area contributed by atoms with E-state index in [-0.39, 0.29) is 12.5 Å². The van der Waals surface area contributed by atoms with Crippen LogP contribution in [-0.4, -0.2) is 35.4 Å². The average molecular weight is 384 g/mol. The van der Waals surface area contributed by atoms with Crippen LogP contribution in [0.3, 0.4) is 0 Å². The van der Waals surface area contributed by atoms with Crippen molar-refractivity contribution in [3.63, 3.8) is 0 Å². The van der Waals surface area contributed by atoms with Gasteiger partial charge in [0.25, 0.3) is 5.91 Å². The number of thiazole rings is 1. The smallest absolute Gasteiger partial charge is 0.331 e. The number of carbonyl (C=O) groups excluding carboxylic acids is 2. The number of hydrogen-bond donors (Lipinski definition) is 0. The lowest BCUT2D eigenvalue weighted by Crippen LogP contribution is -2.30. The fourth-order valence-electron chi connectivity index (χ4n) is 2.34. The van der Waals surface area contributed by atoms with Crippen LogP contribution in [0.15, 0.2) is 54.6 Å². The Bertz CT molecular complexity index is 967. The van der Waals surface area contributed by atoms with Crippen molar-refractivity contribution in [2.24, 2.45) is 0 Å². The second-order valence-corrected chi connectivity index (χ2v) is 6.94. The Morgan fingerprint density at radius 3 is 2.81 bits per heavy atom. The number of carbonyl (C=O) groups is 2. The van der Waals surface area contributed by atoms with Crippen molar-refractivity contribution < 1.29 is 18.7 Å². The van der Waals surface area contributed by atoms with Gasteiger partial charge in [-0.05, 0) is 35.9 Å². The molecule has 1 heterocycles. The first-order valence-corrected chi connectivity index (χ1v) is 9.02. The molecule has 0 radical (unpaired) electrons. The van der Waals surface area contributed by atoms with Crippen molar-refractivity contribution in [1.29, 1.82) is 0 Å². The summed E-state index contributed by atoms with van der Waals surface area (Å²) >= 11 is 1.52. The molecule has 0 aliphatic rings. The maximum Gasteiger partial charge on any atom is 0.331 e. The van der Waals surface area contributed by atoms with Crippen molar-refractivity contribution in [1.82, 2.24) is 9.88 Å². The van der Waals surface area contributed by atoms with Crippen LogP contribution in [0.2, 0.25) is 0 Å². The van der Waals surface area contributed by atoms with Gasteiger partial charge in [0, 0.05) is 13.1 Å². The Morgan fingerprint density at radius 1 is 1.22 bits per heavy atom. The Morgan fingerprint density at radius 2 is 2.04 bits per heavy atom. The predicted octanol–water partition coefficient (Wildman–Crippen LogP) is 3.65. The molecule has 1 aromatic heterocycles. The molecular weight excluding hydrogens is 367 g/mol. The highest BCUT2D eigenvalue weighted by atomic mass is 32.1. The van der Waals surface area contributed by atoms with E-state index in [1.807, 2.05) is 24.3 Å². The number of benzene rings is 2. The van der Waals surface area contributed by atoms with E-state index in [9.17, 15) is 14.0 Å². The molecule has 0 saturated carbocycles. The third-order valence-corrected chi connectivity index (χ3v) is 4.76. The number of halogens is 1. The Balaban J connectivity index is 1.49. The molecule has 0 saturated heterocycles. The molecule has 7 heteroatoms. The van der Waals surface area contributed by atoms with Crippen molar-refractivity contribution >= 4 is 39.5 Å². The van der Waals surface area contributed by atoms with Crippen LogP contribution in [-0.2, 0) is 20.9 Å². The minimum absolute atomic E-state index is 0.332. The van der Waals surface area contributed by atoms with Crippen molar-refractivity contribution in [2.75, 3.05) is 13.7 Å².